The molecule has 3 rings (SSSR count). The Morgan fingerprint density at radius 1 is 0.774 bits per heavy atom. The maximum absolute atomic E-state index is 12.8. The van der Waals surface area contributed by atoms with Crippen LogP contribution in [0.4, 0.5) is 4.79 Å². The Balaban J connectivity index is 1.37. The third-order valence-corrected chi connectivity index (χ3v) is 6.74. The van der Waals surface area contributed by atoms with Crippen LogP contribution in [0.15, 0.2) is 0 Å². The predicted molar refractivity (Wildman–Crippen MR) is 119 cm³/mol. The molecule has 3 fully saturated rings. The van der Waals surface area contributed by atoms with Crippen LogP contribution < -0.4 is 0 Å². The topological polar surface area (TPSA) is 73.4 Å². The lowest BCUT2D eigenvalue weighted by atomic mass is 9.91. The van der Waals surface area contributed by atoms with Crippen molar-refractivity contribution in [2.24, 2.45) is 11.8 Å². The van der Waals surface area contributed by atoms with Gasteiger partial charge in [-0.15, -0.1) is 0 Å². The largest absolute Gasteiger partial charge is 0.444 e. The van der Waals surface area contributed by atoms with Crippen molar-refractivity contribution in [2.45, 2.75) is 58.5 Å². The highest BCUT2D eigenvalue weighted by atomic mass is 16.6. The van der Waals surface area contributed by atoms with E-state index in [2.05, 4.69) is 11.9 Å². The van der Waals surface area contributed by atoms with Crippen LogP contribution in [0.1, 0.15) is 52.9 Å². The fourth-order valence-electron chi connectivity index (χ4n) is 4.68. The van der Waals surface area contributed by atoms with Crippen molar-refractivity contribution >= 4 is 17.9 Å². The molecule has 0 radical (unpaired) electrons. The Morgan fingerprint density at radius 2 is 1.32 bits per heavy atom. The van der Waals surface area contributed by atoms with E-state index in [1.807, 2.05) is 30.6 Å². The average Bonchev–Trinajstić information content (AvgIpc) is 2.73. The number of carbonyl (C=O) groups excluding carboxylic acids is 3. The number of carbonyl (C=O) groups is 3. The van der Waals surface area contributed by atoms with Crippen molar-refractivity contribution < 1.29 is 19.1 Å². The molecular formula is C23H40N4O4. The SMILES string of the molecule is CN1CCN(C(=O)C2CCN(C(=O)CC3CCN(C(=O)OC(C)(C)C)CC3)CC2)CC1. The number of piperazine rings is 1. The van der Waals surface area contributed by atoms with Gasteiger partial charge in [0.25, 0.3) is 0 Å². The minimum Gasteiger partial charge on any atom is -0.444 e. The van der Waals surface area contributed by atoms with Crippen LogP contribution in [0.3, 0.4) is 0 Å². The summed E-state index contributed by atoms with van der Waals surface area (Å²) in [7, 11) is 2.09. The van der Waals surface area contributed by atoms with Gasteiger partial charge in [0.05, 0.1) is 0 Å². The van der Waals surface area contributed by atoms with Gasteiger partial charge in [0.15, 0.2) is 0 Å². The zero-order chi connectivity index (χ0) is 22.6. The number of nitrogens with zero attached hydrogens (tertiary/aromatic N) is 4. The molecule has 0 aromatic heterocycles. The number of ether oxygens (including phenoxy) is 1. The molecule has 3 heterocycles. The van der Waals surface area contributed by atoms with Crippen LogP contribution in [0.5, 0.6) is 0 Å². The van der Waals surface area contributed by atoms with Gasteiger partial charge >= 0.3 is 6.09 Å². The molecule has 0 bridgehead atoms. The van der Waals surface area contributed by atoms with Gasteiger partial charge < -0.3 is 24.3 Å². The van der Waals surface area contributed by atoms with Gasteiger partial charge in [-0.2, -0.15) is 0 Å². The second-order valence-electron chi connectivity index (χ2n) is 10.4. The summed E-state index contributed by atoms with van der Waals surface area (Å²) in [5.41, 5.74) is -0.484. The Hall–Kier alpha value is -1.83. The molecule has 3 aliphatic heterocycles. The maximum Gasteiger partial charge on any atom is 0.410 e. The number of likely N-dealkylation sites (N-methyl/N-ethyl adjacent to an activating group) is 1. The first-order valence-electron chi connectivity index (χ1n) is 11.9. The van der Waals surface area contributed by atoms with Crippen molar-refractivity contribution in [1.82, 2.24) is 19.6 Å². The van der Waals surface area contributed by atoms with Crippen molar-refractivity contribution in [3.63, 3.8) is 0 Å². The van der Waals surface area contributed by atoms with E-state index in [0.29, 0.717) is 38.5 Å². The van der Waals surface area contributed by atoms with Crippen molar-refractivity contribution in [2.75, 3.05) is 59.4 Å². The molecule has 3 amide bonds. The Kier molecular flexibility index (Phi) is 7.83. The van der Waals surface area contributed by atoms with E-state index >= 15 is 0 Å². The molecule has 3 aliphatic rings. The van der Waals surface area contributed by atoms with E-state index in [-0.39, 0.29) is 23.8 Å². The van der Waals surface area contributed by atoms with Crippen LogP contribution in [0.2, 0.25) is 0 Å². The Bertz CT molecular complexity index is 638. The number of piperidine rings is 2. The summed E-state index contributed by atoms with van der Waals surface area (Å²) in [5, 5.41) is 0. The fraction of sp³-hybridized carbons (Fsp3) is 0.870. The summed E-state index contributed by atoms with van der Waals surface area (Å²) in [6, 6.07) is 0. The monoisotopic (exact) mass is 436 g/mol. The highest BCUT2D eigenvalue weighted by Crippen LogP contribution is 2.25. The molecule has 0 unspecified atom stereocenters. The molecule has 0 aromatic rings. The van der Waals surface area contributed by atoms with Crippen molar-refractivity contribution in [3.05, 3.63) is 0 Å². The van der Waals surface area contributed by atoms with Crippen LogP contribution in [-0.2, 0) is 14.3 Å². The maximum atomic E-state index is 12.8. The molecule has 0 atom stereocenters. The van der Waals surface area contributed by atoms with Crippen LogP contribution in [0.25, 0.3) is 0 Å². The summed E-state index contributed by atoms with van der Waals surface area (Å²) in [4.78, 5) is 45.7. The molecule has 0 saturated carbocycles. The number of rotatable bonds is 3. The summed E-state index contributed by atoms with van der Waals surface area (Å²) in [5.74, 6) is 0.844. The Labute approximate surface area is 186 Å². The lowest BCUT2D eigenvalue weighted by Crippen LogP contribution is -2.51. The smallest absolute Gasteiger partial charge is 0.410 e. The zero-order valence-corrected chi connectivity index (χ0v) is 19.8. The number of amides is 3. The molecular weight excluding hydrogens is 396 g/mol. The summed E-state index contributed by atoms with van der Waals surface area (Å²) < 4.78 is 5.45. The summed E-state index contributed by atoms with van der Waals surface area (Å²) in [6.45, 7) is 11.8. The third kappa shape index (κ3) is 6.82. The van der Waals surface area contributed by atoms with Crippen LogP contribution >= 0.6 is 0 Å². The van der Waals surface area contributed by atoms with E-state index in [1.165, 1.54) is 0 Å². The third-order valence-electron chi connectivity index (χ3n) is 6.74. The molecule has 31 heavy (non-hydrogen) atoms. The number of hydrogen-bond acceptors (Lipinski definition) is 5. The highest BCUT2D eigenvalue weighted by Gasteiger charge is 2.33. The fourth-order valence-corrected chi connectivity index (χ4v) is 4.68. The van der Waals surface area contributed by atoms with Crippen molar-refractivity contribution in [1.29, 1.82) is 0 Å². The molecule has 8 heteroatoms. The molecule has 0 spiro atoms. The molecule has 3 saturated heterocycles. The lowest BCUT2D eigenvalue weighted by molar-refractivity contribution is -0.142. The first-order chi connectivity index (χ1) is 14.6. The van der Waals surface area contributed by atoms with E-state index in [1.54, 1.807) is 4.90 Å². The summed E-state index contributed by atoms with van der Waals surface area (Å²) >= 11 is 0. The first kappa shape index (κ1) is 23.8. The summed E-state index contributed by atoms with van der Waals surface area (Å²) in [6.07, 6.45) is 3.50. The van der Waals surface area contributed by atoms with Gasteiger partial charge in [0.1, 0.15) is 5.60 Å². The van der Waals surface area contributed by atoms with Gasteiger partial charge in [-0.25, -0.2) is 4.79 Å². The number of likely N-dealkylation sites (tertiary alicyclic amines) is 2. The second-order valence-corrected chi connectivity index (χ2v) is 10.4. The second kappa shape index (κ2) is 10.2. The predicted octanol–water partition coefficient (Wildman–Crippen LogP) is 2.04. The minimum atomic E-state index is -0.484. The molecule has 0 N–H and O–H groups in total. The standard InChI is InChI=1S/C23H40N4O4/c1-23(2,3)31-22(30)27-9-5-18(6-10-27)17-20(28)25-11-7-19(8-12-25)21(29)26-15-13-24(4)14-16-26/h18-19H,5-17H2,1-4H3. The van der Waals surface area contributed by atoms with E-state index in [4.69, 9.17) is 4.74 Å². The molecule has 8 nitrogen and oxygen atoms in total. The van der Waals surface area contributed by atoms with Gasteiger partial charge in [0, 0.05) is 64.7 Å². The normalized spacial score (nSPS) is 22.5. The van der Waals surface area contributed by atoms with E-state index < -0.39 is 5.60 Å². The first-order valence-corrected chi connectivity index (χ1v) is 11.9. The van der Waals surface area contributed by atoms with Gasteiger partial charge in [-0.3, -0.25) is 9.59 Å². The van der Waals surface area contributed by atoms with Gasteiger partial charge in [0.2, 0.25) is 11.8 Å². The van der Waals surface area contributed by atoms with E-state index in [0.717, 1.165) is 51.9 Å². The number of hydrogen-bond donors (Lipinski definition) is 0. The van der Waals surface area contributed by atoms with E-state index in [9.17, 15) is 14.4 Å². The van der Waals surface area contributed by atoms with Gasteiger partial charge in [-0.05, 0) is 59.4 Å². The zero-order valence-electron chi connectivity index (χ0n) is 19.8. The molecule has 0 aromatic carbocycles. The molecule has 176 valence electrons. The van der Waals surface area contributed by atoms with Gasteiger partial charge in [-0.1, -0.05) is 0 Å². The van der Waals surface area contributed by atoms with Crippen molar-refractivity contribution in [3.8, 4) is 0 Å². The minimum absolute atomic E-state index is 0.0597. The van der Waals surface area contributed by atoms with Crippen LogP contribution in [0, 0.1) is 11.8 Å². The lowest BCUT2D eigenvalue weighted by Gasteiger charge is -2.38. The average molecular weight is 437 g/mol. The Morgan fingerprint density at radius 3 is 1.87 bits per heavy atom. The molecule has 0 aliphatic carbocycles. The highest BCUT2D eigenvalue weighted by molar-refractivity contribution is 5.80. The van der Waals surface area contributed by atoms with Crippen LogP contribution in [-0.4, -0.2) is 103 Å². The quantitative estimate of drug-likeness (QED) is 0.677.